The van der Waals surface area contributed by atoms with Crippen molar-refractivity contribution in [1.82, 2.24) is 4.98 Å². The summed E-state index contributed by atoms with van der Waals surface area (Å²) in [7, 11) is 3.08. The average molecular weight is 342 g/mol. The summed E-state index contributed by atoms with van der Waals surface area (Å²) in [4.78, 5) is 3.80. The number of halogens is 2. The first-order valence-corrected chi connectivity index (χ1v) is 7.22. The van der Waals surface area contributed by atoms with Crippen LogP contribution >= 0.6 is 11.6 Å². The third-order valence-electron chi connectivity index (χ3n) is 2.98. The van der Waals surface area contributed by atoms with E-state index >= 15 is 0 Å². The molecule has 0 fully saturated rings. The minimum atomic E-state index is -0.630. The van der Waals surface area contributed by atoms with Gasteiger partial charge in [0.15, 0.2) is 12.1 Å². The van der Waals surface area contributed by atoms with Crippen molar-refractivity contribution in [1.29, 1.82) is 0 Å². The topological polar surface area (TPSA) is 49.8 Å². The molecule has 0 amide bonds. The molecule has 1 aromatic heterocycles. The minimum Gasteiger partial charge on any atom is -0.485 e. The molecule has 2 rings (SSSR count). The van der Waals surface area contributed by atoms with Crippen molar-refractivity contribution in [3.05, 3.63) is 47.4 Å². The van der Waals surface area contributed by atoms with Crippen molar-refractivity contribution >= 4 is 11.6 Å². The maximum atomic E-state index is 13.6. The van der Waals surface area contributed by atoms with Crippen molar-refractivity contribution in [2.45, 2.75) is 19.3 Å². The van der Waals surface area contributed by atoms with Gasteiger partial charge in [0.2, 0.25) is 0 Å². The first-order chi connectivity index (χ1) is 11.0. The normalized spacial score (nSPS) is 12.3. The van der Waals surface area contributed by atoms with Crippen LogP contribution in [-0.2, 0) is 9.47 Å². The predicted octanol–water partition coefficient (Wildman–Crippen LogP) is 4.05. The summed E-state index contributed by atoms with van der Waals surface area (Å²) in [6, 6.07) is 7.82. The van der Waals surface area contributed by atoms with Crippen LogP contribution in [-0.4, -0.2) is 31.6 Å². The fourth-order valence-electron chi connectivity index (χ4n) is 1.92. The van der Waals surface area contributed by atoms with Crippen LogP contribution in [0.3, 0.4) is 0 Å². The molecule has 0 aliphatic rings. The highest BCUT2D eigenvalue weighted by atomic mass is 35.5. The van der Waals surface area contributed by atoms with Crippen molar-refractivity contribution in [2.24, 2.45) is 0 Å². The Hall–Kier alpha value is -1.89. The molecule has 0 bridgehead atoms. The fourth-order valence-corrected chi connectivity index (χ4v) is 2.07. The summed E-state index contributed by atoms with van der Waals surface area (Å²) in [5, 5.41) is 0.207. The first-order valence-electron chi connectivity index (χ1n) is 6.84. The molecule has 7 heteroatoms. The van der Waals surface area contributed by atoms with Crippen LogP contribution in [0.1, 0.15) is 6.92 Å². The van der Waals surface area contributed by atoms with Gasteiger partial charge in [-0.25, -0.2) is 9.37 Å². The lowest BCUT2D eigenvalue weighted by molar-refractivity contribution is -0.151. The molecule has 124 valence electrons. The van der Waals surface area contributed by atoms with Crippen LogP contribution in [0, 0.1) is 5.82 Å². The second kappa shape index (κ2) is 8.10. The largest absolute Gasteiger partial charge is 0.485 e. The van der Waals surface area contributed by atoms with E-state index in [4.69, 9.17) is 30.5 Å². The Labute approximate surface area is 138 Å². The monoisotopic (exact) mass is 341 g/mol. The first kappa shape index (κ1) is 17.5. The molecule has 0 N–H and O–H groups in total. The van der Waals surface area contributed by atoms with Crippen LogP contribution in [0.15, 0.2) is 36.5 Å². The number of benzene rings is 1. The average Bonchev–Trinajstić information content (AvgIpc) is 2.53. The van der Waals surface area contributed by atoms with Gasteiger partial charge in [-0.15, -0.1) is 0 Å². The van der Waals surface area contributed by atoms with Crippen molar-refractivity contribution in [2.75, 3.05) is 14.2 Å². The number of methoxy groups -OCH3 is 2. The predicted molar refractivity (Wildman–Crippen MR) is 83.6 cm³/mol. The molecular formula is C16H17ClFNO4. The van der Waals surface area contributed by atoms with Crippen LogP contribution in [0.2, 0.25) is 5.02 Å². The molecule has 0 aliphatic carbocycles. The Morgan fingerprint density at radius 2 is 1.70 bits per heavy atom. The molecule has 0 radical (unpaired) electrons. The fraction of sp³-hybridized carbons (Fsp3) is 0.312. The highest BCUT2D eigenvalue weighted by molar-refractivity contribution is 6.30. The molecule has 1 aromatic carbocycles. The van der Waals surface area contributed by atoms with E-state index in [0.29, 0.717) is 11.5 Å². The van der Waals surface area contributed by atoms with Gasteiger partial charge in [-0.05, 0) is 37.3 Å². The zero-order valence-electron chi connectivity index (χ0n) is 13.0. The molecule has 0 aliphatic heterocycles. The van der Waals surface area contributed by atoms with E-state index in [1.165, 1.54) is 6.20 Å². The lowest BCUT2D eigenvalue weighted by Crippen LogP contribution is -2.32. The van der Waals surface area contributed by atoms with E-state index in [2.05, 4.69) is 4.98 Å². The summed E-state index contributed by atoms with van der Waals surface area (Å²) in [6.45, 7) is 1.83. The third kappa shape index (κ3) is 4.79. The van der Waals surface area contributed by atoms with E-state index in [1.54, 1.807) is 38.5 Å². The van der Waals surface area contributed by atoms with Crippen LogP contribution in [0.25, 0.3) is 0 Å². The molecule has 0 spiro atoms. The maximum Gasteiger partial charge on any atom is 0.255 e. The van der Waals surface area contributed by atoms with Gasteiger partial charge >= 0.3 is 0 Å². The second-order valence-corrected chi connectivity index (χ2v) is 5.11. The van der Waals surface area contributed by atoms with Crippen LogP contribution in [0.4, 0.5) is 4.39 Å². The van der Waals surface area contributed by atoms with Crippen molar-refractivity contribution < 1.29 is 23.3 Å². The van der Waals surface area contributed by atoms with Gasteiger partial charge in [0.1, 0.15) is 17.6 Å². The minimum absolute atomic E-state index is 0.143. The number of nitrogens with zero attached hydrogens (tertiary/aromatic N) is 1. The van der Waals surface area contributed by atoms with E-state index in [1.807, 2.05) is 6.92 Å². The number of rotatable bonds is 7. The van der Waals surface area contributed by atoms with Crippen LogP contribution < -0.4 is 9.47 Å². The molecule has 1 atom stereocenters. The van der Waals surface area contributed by atoms with Gasteiger partial charge < -0.3 is 18.9 Å². The smallest absolute Gasteiger partial charge is 0.255 e. The Morgan fingerprint density at radius 3 is 2.26 bits per heavy atom. The van der Waals surface area contributed by atoms with Crippen molar-refractivity contribution in [3.63, 3.8) is 0 Å². The Kier molecular flexibility index (Phi) is 6.15. The van der Waals surface area contributed by atoms with Gasteiger partial charge in [-0.2, -0.15) is 0 Å². The summed E-state index contributed by atoms with van der Waals surface area (Å²) < 4.78 is 34.9. The summed E-state index contributed by atoms with van der Waals surface area (Å²) >= 11 is 5.64. The Balaban J connectivity index is 2.02. The van der Waals surface area contributed by atoms with Gasteiger partial charge in [-0.3, -0.25) is 0 Å². The molecular weight excluding hydrogens is 325 g/mol. The van der Waals surface area contributed by atoms with E-state index < -0.39 is 12.1 Å². The molecule has 2 aromatic rings. The molecule has 0 unspecified atom stereocenters. The number of hydrogen-bond acceptors (Lipinski definition) is 5. The maximum absolute atomic E-state index is 13.6. The van der Waals surface area contributed by atoms with Gasteiger partial charge in [0, 0.05) is 20.4 Å². The number of hydrogen-bond donors (Lipinski definition) is 0. The lowest BCUT2D eigenvalue weighted by atomic mass is 10.3. The zero-order valence-corrected chi connectivity index (χ0v) is 13.7. The Bertz CT molecular complexity index is 634. The number of aromatic nitrogens is 1. The second-order valence-electron chi connectivity index (χ2n) is 4.68. The third-order valence-corrected chi connectivity index (χ3v) is 3.19. The molecule has 0 saturated heterocycles. The summed E-state index contributed by atoms with van der Waals surface area (Å²) in [6.07, 6.45) is 0.542. The summed E-state index contributed by atoms with van der Waals surface area (Å²) in [5.74, 6) is 0.256. The van der Waals surface area contributed by atoms with E-state index in [0.717, 1.165) is 6.07 Å². The molecule has 0 saturated carbocycles. The van der Waals surface area contributed by atoms with Crippen molar-refractivity contribution in [3.8, 4) is 17.4 Å². The van der Waals surface area contributed by atoms with E-state index in [9.17, 15) is 4.39 Å². The van der Waals surface area contributed by atoms with Gasteiger partial charge in [0.05, 0.1) is 5.02 Å². The molecule has 5 nitrogen and oxygen atoms in total. The van der Waals surface area contributed by atoms with Gasteiger partial charge in [-0.1, -0.05) is 11.6 Å². The number of pyridine rings is 1. The SMILES string of the molecule is COC(OC)[C@H](C)Oc1ccc(Oc2ncc(Cl)cc2F)cc1. The highest BCUT2D eigenvalue weighted by Gasteiger charge is 2.17. The summed E-state index contributed by atoms with van der Waals surface area (Å²) in [5.41, 5.74) is 0. The van der Waals surface area contributed by atoms with E-state index in [-0.39, 0.29) is 17.0 Å². The quantitative estimate of drug-likeness (QED) is 0.711. The van der Waals surface area contributed by atoms with Crippen LogP contribution in [0.5, 0.6) is 17.4 Å². The zero-order chi connectivity index (χ0) is 16.8. The highest BCUT2D eigenvalue weighted by Crippen LogP contribution is 2.26. The Morgan fingerprint density at radius 1 is 1.09 bits per heavy atom. The van der Waals surface area contributed by atoms with Gasteiger partial charge in [0.25, 0.3) is 5.88 Å². The molecule has 23 heavy (non-hydrogen) atoms. The molecule has 1 heterocycles. The standard InChI is InChI=1S/C16H17ClFNO4/c1-10(16(20-2)21-3)22-12-4-6-13(7-5-12)23-15-14(18)8-11(17)9-19-15/h4-10,16H,1-3H3/t10-/m0/s1. The lowest BCUT2D eigenvalue weighted by Gasteiger charge is -2.22. The number of ether oxygens (including phenoxy) is 4.